The van der Waals surface area contributed by atoms with Crippen LogP contribution in [0.5, 0.6) is 11.5 Å². The molecular weight excluding hydrogens is 386 g/mol. The minimum absolute atomic E-state index is 0.00770. The van der Waals surface area contributed by atoms with E-state index in [9.17, 15) is 9.59 Å². The highest BCUT2D eigenvalue weighted by molar-refractivity contribution is 5.80. The highest BCUT2D eigenvalue weighted by atomic mass is 16.7. The Hall–Kier alpha value is -3.03. The molecule has 1 saturated carbocycles. The van der Waals surface area contributed by atoms with E-state index in [1.807, 2.05) is 38.2 Å². The lowest BCUT2D eigenvalue weighted by atomic mass is 10.1. The predicted octanol–water partition coefficient (Wildman–Crippen LogP) is 2.23. The van der Waals surface area contributed by atoms with Crippen LogP contribution in [0.1, 0.15) is 30.3 Å². The third-order valence-corrected chi connectivity index (χ3v) is 5.63. The Balaban J connectivity index is 1.46. The first-order chi connectivity index (χ1) is 14.4. The monoisotopic (exact) mass is 413 g/mol. The maximum absolute atomic E-state index is 13.2. The first-order valence-electron chi connectivity index (χ1n) is 10.3. The van der Waals surface area contributed by atoms with Crippen LogP contribution in [0.3, 0.4) is 0 Å². The molecule has 0 spiro atoms. The molecule has 0 radical (unpaired) electrons. The lowest BCUT2D eigenvalue weighted by Gasteiger charge is -2.22. The van der Waals surface area contributed by atoms with Gasteiger partial charge in [-0.15, -0.1) is 0 Å². The molecule has 4 rings (SSSR count). The summed E-state index contributed by atoms with van der Waals surface area (Å²) in [6.45, 7) is 5.29. The Morgan fingerprint density at radius 1 is 1.27 bits per heavy atom. The number of fused-ring (bicyclic) bond motifs is 1. The van der Waals surface area contributed by atoms with Crippen molar-refractivity contribution in [3.8, 4) is 11.5 Å². The average molecular weight is 413 g/mol. The van der Waals surface area contributed by atoms with Gasteiger partial charge in [0, 0.05) is 19.3 Å². The van der Waals surface area contributed by atoms with Crippen molar-refractivity contribution in [3.05, 3.63) is 41.2 Å². The Morgan fingerprint density at radius 2 is 2.07 bits per heavy atom. The number of aromatic nitrogens is 2. The Labute approximate surface area is 175 Å². The van der Waals surface area contributed by atoms with E-state index >= 15 is 0 Å². The topological polar surface area (TPSA) is 82.9 Å². The third kappa shape index (κ3) is 4.42. The van der Waals surface area contributed by atoms with E-state index in [1.165, 1.54) is 0 Å². The fraction of sp³-hybridized carbons (Fsp3) is 0.500. The summed E-state index contributed by atoms with van der Waals surface area (Å²) in [5.74, 6) is 1.20. The Bertz CT molecular complexity index is 935. The zero-order valence-corrected chi connectivity index (χ0v) is 17.6. The summed E-state index contributed by atoms with van der Waals surface area (Å²) >= 11 is 0. The van der Waals surface area contributed by atoms with Gasteiger partial charge in [0.2, 0.25) is 12.7 Å². The van der Waals surface area contributed by atoms with Crippen LogP contribution < -0.4 is 9.47 Å². The minimum atomic E-state index is -0.167. The highest BCUT2D eigenvalue weighted by Crippen LogP contribution is 2.40. The molecule has 0 N–H and O–H groups in total. The molecule has 1 aliphatic carbocycles. The molecule has 0 unspecified atom stereocenters. The maximum atomic E-state index is 13.2. The summed E-state index contributed by atoms with van der Waals surface area (Å²) in [5.41, 5.74) is 2.73. The first-order valence-corrected chi connectivity index (χ1v) is 10.3. The van der Waals surface area contributed by atoms with Gasteiger partial charge < -0.3 is 19.1 Å². The number of rotatable bonds is 8. The number of carbonyl (C=O) groups excluding carboxylic acids is 2. The molecule has 2 heterocycles. The molecule has 0 bridgehead atoms. The molecule has 8 heteroatoms. The summed E-state index contributed by atoms with van der Waals surface area (Å²) in [4.78, 5) is 27.0. The zero-order valence-electron chi connectivity index (χ0n) is 17.6. The molecule has 1 amide bonds. The van der Waals surface area contributed by atoms with E-state index < -0.39 is 0 Å². The summed E-state index contributed by atoms with van der Waals surface area (Å²) in [5, 5.41) is 4.49. The van der Waals surface area contributed by atoms with Crippen molar-refractivity contribution in [2.45, 2.75) is 33.2 Å². The minimum Gasteiger partial charge on any atom is -0.466 e. The van der Waals surface area contributed by atoms with Gasteiger partial charge in [-0.05, 0) is 49.9 Å². The number of nitrogens with zero attached hydrogens (tertiary/aromatic N) is 3. The van der Waals surface area contributed by atoms with Gasteiger partial charge in [-0.2, -0.15) is 5.10 Å². The Kier molecular flexibility index (Phi) is 5.65. The first kappa shape index (κ1) is 20.3. The van der Waals surface area contributed by atoms with Crippen LogP contribution in [0.15, 0.2) is 24.3 Å². The number of aryl methyl sites for hydroxylation is 2. The standard InChI is InChI=1S/C22H27N3O5/c1-4-28-22(27)18-10-16(18)11-25(12-17-7-14(2)24(3)23-17)21(26)9-15-5-6-19-20(8-15)30-13-29-19/h5-8,16,18H,4,9-13H2,1-3H3/t16-,18-/m1/s1. The zero-order chi connectivity index (χ0) is 21.3. The van der Waals surface area contributed by atoms with Gasteiger partial charge >= 0.3 is 5.97 Å². The highest BCUT2D eigenvalue weighted by Gasteiger charge is 2.45. The number of hydrogen-bond donors (Lipinski definition) is 0. The molecule has 2 aliphatic rings. The van der Waals surface area contributed by atoms with E-state index in [2.05, 4.69) is 5.10 Å². The summed E-state index contributed by atoms with van der Waals surface area (Å²) in [7, 11) is 1.88. The maximum Gasteiger partial charge on any atom is 0.309 e. The van der Waals surface area contributed by atoms with Crippen molar-refractivity contribution in [1.82, 2.24) is 14.7 Å². The molecule has 1 aliphatic heterocycles. The molecule has 2 aromatic rings. The van der Waals surface area contributed by atoms with Gasteiger partial charge in [0.25, 0.3) is 0 Å². The summed E-state index contributed by atoms with van der Waals surface area (Å²) in [6.07, 6.45) is 1.01. The number of ether oxygens (including phenoxy) is 3. The van der Waals surface area contributed by atoms with E-state index in [0.29, 0.717) is 31.2 Å². The van der Waals surface area contributed by atoms with Crippen LogP contribution in [-0.4, -0.2) is 46.5 Å². The van der Waals surface area contributed by atoms with Crippen LogP contribution in [0.4, 0.5) is 0 Å². The lowest BCUT2D eigenvalue weighted by Crippen LogP contribution is -2.34. The van der Waals surface area contributed by atoms with Gasteiger partial charge in [-0.1, -0.05) is 6.07 Å². The molecule has 1 aromatic carbocycles. The van der Waals surface area contributed by atoms with Crippen LogP contribution in [0, 0.1) is 18.8 Å². The number of amides is 1. The SMILES string of the molecule is CCOC(=O)[C@@H]1C[C@@H]1CN(Cc1cc(C)n(C)n1)C(=O)Cc1ccc2c(c1)OCO2. The molecule has 30 heavy (non-hydrogen) atoms. The lowest BCUT2D eigenvalue weighted by molar-refractivity contribution is -0.145. The molecule has 1 fully saturated rings. The van der Waals surface area contributed by atoms with E-state index in [-0.39, 0.29) is 36.9 Å². The van der Waals surface area contributed by atoms with E-state index in [4.69, 9.17) is 14.2 Å². The predicted molar refractivity (Wildman–Crippen MR) is 108 cm³/mol. The Morgan fingerprint density at radius 3 is 2.80 bits per heavy atom. The van der Waals surface area contributed by atoms with Gasteiger partial charge in [-0.3, -0.25) is 14.3 Å². The van der Waals surface area contributed by atoms with Gasteiger partial charge in [0.15, 0.2) is 11.5 Å². The van der Waals surface area contributed by atoms with Gasteiger partial charge in [0.05, 0.1) is 31.2 Å². The van der Waals surface area contributed by atoms with E-state index in [1.54, 1.807) is 16.5 Å². The molecule has 8 nitrogen and oxygen atoms in total. The molecule has 2 atom stereocenters. The van der Waals surface area contributed by atoms with Crippen molar-refractivity contribution in [2.75, 3.05) is 19.9 Å². The van der Waals surface area contributed by atoms with Crippen molar-refractivity contribution >= 4 is 11.9 Å². The second kappa shape index (κ2) is 8.38. The second-order valence-corrected chi connectivity index (χ2v) is 7.89. The summed E-state index contributed by atoms with van der Waals surface area (Å²) < 4.78 is 17.7. The van der Waals surface area contributed by atoms with Crippen molar-refractivity contribution < 1.29 is 23.8 Å². The van der Waals surface area contributed by atoms with Crippen molar-refractivity contribution in [3.63, 3.8) is 0 Å². The van der Waals surface area contributed by atoms with Crippen molar-refractivity contribution in [2.24, 2.45) is 18.9 Å². The molecule has 160 valence electrons. The molecule has 1 aromatic heterocycles. The third-order valence-electron chi connectivity index (χ3n) is 5.63. The van der Waals surface area contributed by atoms with Crippen LogP contribution in [0.2, 0.25) is 0 Å². The molecular formula is C22H27N3O5. The average Bonchev–Trinajstić information content (AvgIpc) is 3.19. The van der Waals surface area contributed by atoms with Crippen molar-refractivity contribution in [1.29, 1.82) is 0 Å². The number of esters is 1. The number of carbonyl (C=O) groups is 2. The van der Waals surface area contributed by atoms with E-state index in [0.717, 1.165) is 23.4 Å². The summed E-state index contributed by atoms with van der Waals surface area (Å²) in [6, 6.07) is 7.54. The second-order valence-electron chi connectivity index (χ2n) is 7.89. The largest absolute Gasteiger partial charge is 0.466 e. The fourth-order valence-corrected chi connectivity index (χ4v) is 3.77. The number of hydrogen-bond acceptors (Lipinski definition) is 6. The fourth-order valence-electron chi connectivity index (χ4n) is 3.77. The van der Waals surface area contributed by atoms with Crippen LogP contribution >= 0.6 is 0 Å². The quantitative estimate of drug-likeness (QED) is 0.617. The van der Waals surface area contributed by atoms with Crippen LogP contribution in [0.25, 0.3) is 0 Å². The van der Waals surface area contributed by atoms with Crippen LogP contribution in [-0.2, 0) is 34.3 Å². The normalized spacial score (nSPS) is 18.9. The smallest absolute Gasteiger partial charge is 0.309 e. The molecule has 0 saturated heterocycles. The van der Waals surface area contributed by atoms with Gasteiger partial charge in [0.1, 0.15) is 0 Å². The van der Waals surface area contributed by atoms with Gasteiger partial charge in [-0.25, -0.2) is 0 Å². The number of benzene rings is 1.